The molecule has 8 heteroatoms. The minimum absolute atomic E-state index is 0.0381. The quantitative estimate of drug-likeness (QED) is 0.416. The zero-order chi connectivity index (χ0) is 23.8. The van der Waals surface area contributed by atoms with Crippen molar-refractivity contribution in [2.45, 2.75) is 39.0 Å². The molecule has 0 saturated heterocycles. The van der Waals surface area contributed by atoms with E-state index in [4.69, 9.17) is 30.8 Å². The van der Waals surface area contributed by atoms with Gasteiger partial charge in [0, 0.05) is 22.8 Å². The third-order valence-corrected chi connectivity index (χ3v) is 5.45. The number of aryl methyl sites for hydroxylation is 1. The van der Waals surface area contributed by atoms with E-state index in [1.165, 1.54) is 0 Å². The molecule has 1 aromatic heterocycles. The number of nitrogens with zero attached hydrogens (tertiary/aromatic N) is 1. The standard InChI is InChI=1S/C25H25ClN2O5/c1-16-21(24(29)32-13-5-10-20-9-4-12-31-20)23(18-7-3-8-19(26)15-18)22(17(2)28-16)25(30)33-14-6-11-27/h3-4,7-9,12,15,23,28H,5-6,10,13-14H2,1-2H3. The molecule has 3 rings (SSSR count). The molecule has 7 nitrogen and oxygen atoms in total. The molecule has 0 bridgehead atoms. The Balaban J connectivity index is 1.86. The van der Waals surface area contributed by atoms with Crippen LogP contribution >= 0.6 is 11.6 Å². The number of carbonyl (C=O) groups excluding carboxylic acids is 2. The fourth-order valence-corrected chi connectivity index (χ4v) is 3.96. The molecule has 33 heavy (non-hydrogen) atoms. The summed E-state index contributed by atoms with van der Waals surface area (Å²) in [6.45, 7) is 3.67. The summed E-state index contributed by atoms with van der Waals surface area (Å²) < 4.78 is 16.2. The first-order chi connectivity index (χ1) is 15.9. The van der Waals surface area contributed by atoms with Crippen molar-refractivity contribution in [2.75, 3.05) is 13.2 Å². The second-order valence-electron chi connectivity index (χ2n) is 7.55. The highest BCUT2D eigenvalue weighted by molar-refractivity contribution is 6.30. The lowest BCUT2D eigenvalue weighted by Gasteiger charge is -2.30. The molecule has 1 unspecified atom stereocenters. The van der Waals surface area contributed by atoms with E-state index < -0.39 is 17.9 Å². The lowest BCUT2D eigenvalue weighted by molar-refractivity contribution is -0.140. The van der Waals surface area contributed by atoms with Crippen molar-refractivity contribution in [3.63, 3.8) is 0 Å². The molecule has 172 valence electrons. The summed E-state index contributed by atoms with van der Waals surface area (Å²) in [6.07, 6.45) is 2.92. The van der Waals surface area contributed by atoms with Gasteiger partial charge in [-0.05, 0) is 50.1 Å². The smallest absolute Gasteiger partial charge is 0.336 e. The highest BCUT2D eigenvalue weighted by atomic mass is 35.5. The number of furan rings is 1. The van der Waals surface area contributed by atoms with Crippen LogP contribution in [0.4, 0.5) is 0 Å². The molecule has 2 heterocycles. The lowest BCUT2D eigenvalue weighted by Crippen LogP contribution is -2.32. The number of benzene rings is 1. The third-order valence-electron chi connectivity index (χ3n) is 5.21. The number of dihydropyridines is 1. The molecule has 0 saturated carbocycles. The van der Waals surface area contributed by atoms with Crippen molar-refractivity contribution in [3.8, 4) is 6.07 Å². The summed E-state index contributed by atoms with van der Waals surface area (Å²) in [5.41, 5.74) is 2.41. The van der Waals surface area contributed by atoms with Crippen LogP contribution in [-0.2, 0) is 25.5 Å². The number of nitriles is 1. The first-order valence-electron chi connectivity index (χ1n) is 10.6. The SMILES string of the molecule is CC1=C(C(=O)OCCC#N)C(c2cccc(Cl)c2)C(C(=O)OCCCc2ccco2)=C(C)N1. The van der Waals surface area contributed by atoms with Crippen LogP contribution in [0.5, 0.6) is 0 Å². The average Bonchev–Trinajstić information content (AvgIpc) is 3.29. The topological polar surface area (TPSA) is 102 Å². The lowest BCUT2D eigenvalue weighted by atomic mass is 9.80. The molecule has 0 amide bonds. The first kappa shape index (κ1) is 24.1. The Hall–Kier alpha value is -3.50. The highest BCUT2D eigenvalue weighted by Gasteiger charge is 2.38. The van der Waals surface area contributed by atoms with Crippen LogP contribution in [0.2, 0.25) is 5.02 Å². The molecule has 0 fully saturated rings. The van der Waals surface area contributed by atoms with E-state index in [0.717, 1.165) is 5.76 Å². The van der Waals surface area contributed by atoms with E-state index in [2.05, 4.69) is 5.32 Å². The van der Waals surface area contributed by atoms with Gasteiger partial charge in [-0.1, -0.05) is 23.7 Å². The van der Waals surface area contributed by atoms with Crippen LogP contribution in [-0.4, -0.2) is 25.2 Å². The summed E-state index contributed by atoms with van der Waals surface area (Å²) in [4.78, 5) is 26.2. The molecular weight excluding hydrogens is 444 g/mol. The molecule has 1 atom stereocenters. The van der Waals surface area contributed by atoms with Gasteiger partial charge in [0.15, 0.2) is 0 Å². The second kappa shape index (κ2) is 11.4. The normalized spacial score (nSPS) is 15.6. The van der Waals surface area contributed by atoms with Gasteiger partial charge in [-0.15, -0.1) is 0 Å². The highest BCUT2D eigenvalue weighted by Crippen LogP contribution is 2.40. The number of carbonyl (C=O) groups is 2. The number of allylic oxidation sites excluding steroid dienone is 2. The summed E-state index contributed by atoms with van der Waals surface area (Å²) in [7, 11) is 0. The Kier molecular flexibility index (Phi) is 8.34. The Labute approximate surface area is 197 Å². The first-order valence-corrected chi connectivity index (χ1v) is 11.0. The van der Waals surface area contributed by atoms with Gasteiger partial charge in [-0.3, -0.25) is 0 Å². The van der Waals surface area contributed by atoms with E-state index in [9.17, 15) is 9.59 Å². The number of esters is 2. The fourth-order valence-electron chi connectivity index (χ4n) is 3.77. The van der Waals surface area contributed by atoms with Crippen molar-refractivity contribution in [2.24, 2.45) is 0 Å². The average molecular weight is 469 g/mol. The molecule has 0 spiro atoms. The zero-order valence-electron chi connectivity index (χ0n) is 18.5. The van der Waals surface area contributed by atoms with E-state index in [-0.39, 0.29) is 25.2 Å². The van der Waals surface area contributed by atoms with E-state index >= 15 is 0 Å². The van der Waals surface area contributed by atoms with Crippen LogP contribution in [0.25, 0.3) is 0 Å². The number of hydrogen-bond acceptors (Lipinski definition) is 7. The molecule has 0 aliphatic carbocycles. The van der Waals surface area contributed by atoms with Crippen LogP contribution in [0.15, 0.2) is 69.6 Å². The Morgan fingerprint density at radius 3 is 2.39 bits per heavy atom. The number of nitrogens with one attached hydrogen (secondary N) is 1. The van der Waals surface area contributed by atoms with Gasteiger partial charge in [-0.25, -0.2) is 9.59 Å². The number of halogens is 1. The van der Waals surface area contributed by atoms with Crippen LogP contribution < -0.4 is 5.32 Å². The van der Waals surface area contributed by atoms with Gasteiger partial charge >= 0.3 is 11.9 Å². The minimum atomic E-state index is -0.725. The molecule has 2 aromatic rings. The zero-order valence-corrected chi connectivity index (χ0v) is 19.3. The van der Waals surface area contributed by atoms with Gasteiger partial charge in [0.25, 0.3) is 0 Å². The number of rotatable bonds is 9. The van der Waals surface area contributed by atoms with Gasteiger partial charge < -0.3 is 19.2 Å². The predicted molar refractivity (Wildman–Crippen MR) is 122 cm³/mol. The van der Waals surface area contributed by atoms with Crippen LogP contribution in [0.3, 0.4) is 0 Å². The van der Waals surface area contributed by atoms with Crippen LogP contribution in [0.1, 0.15) is 43.9 Å². The third kappa shape index (κ3) is 6.05. The van der Waals surface area contributed by atoms with Crippen LogP contribution in [0, 0.1) is 11.3 Å². The van der Waals surface area contributed by atoms with Gasteiger partial charge in [0.2, 0.25) is 0 Å². The van der Waals surface area contributed by atoms with Crippen molar-refractivity contribution in [1.82, 2.24) is 5.32 Å². The van der Waals surface area contributed by atoms with Gasteiger partial charge in [0.1, 0.15) is 12.4 Å². The summed E-state index contributed by atoms with van der Waals surface area (Å²) in [5, 5.41) is 12.3. The Morgan fingerprint density at radius 2 is 1.79 bits per heavy atom. The van der Waals surface area contributed by atoms with E-state index in [0.29, 0.717) is 40.4 Å². The Morgan fingerprint density at radius 1 is 1.09 bits per heavy atom. The molecule has 1 aromatic carbocycles. The maximum atomic E-state index is 13.2. The summed E-state index contributed by atoms with van der Waals surface area (Å²) in [5.74, 6) is -1.04. The van der Waals surface area contributed by atoms with Crippen molar-refractivity contribution in [3.05, 3.63) is 81.5 Å². The minimum Gasteiger partial charge on any atom is -0.469 e. The predicted octanol–water partition coefficient (Wildman–Crippen LogP) is 4.80. The maximum absolute atomic E-state index is 13.2. The Bertz CT molecular complexity index is 1110. The maximum Gasteiger partial charge on any atom is 0.336 e. The van der Waals surface area contributed by atoms with E-state index in [1.54, 1.807) is 44.4 Å². The molecule has 1 aliphatic rings. The monoisotopic (exact) mass is 468 g/mol. The fraction of sp³-hybridized carbons (Fsp3) is 0.320. The molecule has 1 N–H and O–H groups in total. The second-order valence-corrected chi connectivity index (χ2v) is 7.99. The van der Waals surface area contributed by atoms with Crippen molar-refractivity contribution < 1.29 is 23.5 Å². The summed E-state index contributed by atoms with van der Waals surface area (Å²) in [6, 6.07) is 12.6. The van der Waals surface area contributed by atoms with Gasteiger partial charge in [0.05, 0.1) is 42.4 Å². The number of hydrogen-bond donors (Lipinski definition) is 1. The van der Waals surface area contributed by atoms with Gasteiger partial charge in [-0.2, -0.15) is 5.26 Å². The summed E-state index contributed by atoms with van der Waals surface area (Å²) >= 11 is 6.22. The van der Waals surface area contributed by atoms with Crippen molar-refractivity contribution in [1.29, 1.82) is 5.26 Å². The molecule has 0 radical (unpaired) electrons. The number of ether oxygens (including phenoxy) is 2. The largest absolute Gasteiger partial charge is 0.469 e. The molecular formula is C25H25ClN2O5. The van der Waals surface area contributed by atoms with E-state index in [1.807, 2.05) is 18.2 Å². The van der Waals surface area contributed by atoms with Crippen molar-refractivity contribution >= 4 is 23.5 Å². The molecule has 1 aliphatic heterocycles.